The molecule has 0 radical (unpaired) electrons. The van der Waals surface area contributed by atoms with Gasteiger partial charge in [-0.3, -0.25) is 0 Å². The van der Waals surface area contributed by atoms with Gasteiger partial charge in [0.1, 0.15) is 0 Å². The van der Waals surface area contributed by atoms with Gasteiger partial charge in [-0.25, -0.2) is 0 Å². The van der Waals surface area contributed by atoms with E-state index in [-0.39, 0.29) is 0 Å². The van der Waals surface area contributed by atoms with Gasteiger partial charge in [-0.05, 0) is 24.7 Å². The van der Waals surface area contributed by atoms with E-state index in [2.05, 4.69) is 27.8 Å². The molecule has 0 unspecified atom stereocenters. The second-order valence-corrected chi connectivity index (χ2v) is 5.85. The van der Waals surface area contributed by atoms with Crippen LogP contribution in [0.3, 0.4) is 0 Å². The SMILES string of the molecule is CCCCCCCCNC(=S)Nc1cccc2cnncc12. The monoisotopic (exact) mass is 316 g/mol. The van der Waals surface area contributed by atoms with Crippen LogP contribution in [-0.4, -0.2) is 21.9 Å². The van der Waals surface area contributed by atoms with E-state index >= 15 is 0 Å². The van der Waals surface area contributed by atoms with Crippen molar-refractivity contribution in [3.63, 3.8) is 0 Å². The van der Waals surface area contributed by atoms with E-state index < -0.39 is 0 Å². The van der Waals surface area contributed by atoms with Crippen molar-refractivity contribution in [1.82, 2.24) is 15.5 Å². The maximum Gasteiger partial charge on any atom is 0.170 e. The Morgan fingerprint density at radius 1 is 1.05 bits per heavy atom. The Hall–Kier alpha value is -1.75. The van der Waals surface area contributed by atoms with Gasteiger partial charge in [-0.1, -0.05) is 51.2 Å². The molecular weight excluding hydrogens is 292 g/mol. The number of nitrogens with one attached hydrogen (secondary N) is 2. The molecule has 2 rings (SSSR count). The summed E-state index contributed by atoms with van der Waals surface area (Å²) in [5.41, 5.74) is 0.966. The van der Waals surface area contributed by atoms with Crippen molar-refractivity contribution in [1.29, 1.82) is 0 Å². The Kier molecular flexibility index (Phi) is 7.03. The average molecular weight is 316 g/mol. The Bertz CT molecular complexity index is 595. The fourth-order valence-electron chi connectivity index (χ4n) is 2.41. The van der Waals surface area contributed by atoms with Crippen molar-refractivity contribution in [3.05, 3.63) is 30.6 Å². The Morgan fingerprint density at radius 3 is 2.68 bits per heavy atom. The lowest BCUT2D eigenvalue weighted by atomic mass is 10.1. The summed E-state index contributed by atoms with van der Waals surface area (Å²) in [6, 6.07) is 6.01. The number of anilines is 1. The number of fused-ring (bicyclic) bond motifs is 1. The molecule has 1 aromatic carbocycles. The highest BCUT2D eigenvalue weighted by molar-refractivity contribution is 7.80. The maximum absolute atomic E-state index is 5.36. The molecule has 0 saturated carbocycles. The molecule has 0 aliphatic rings. The number of aromatic nitrogens is 2. The fraction of sp³-hybridized carbons (Fsp3) is 0.471. The van der Waals surface area contributed by atoms with Gasteiger partial charge in [0.25, 0.3) is 0 Å². The van der Waals surface area contributed by atoms with E-state index in [9.17, 15) is 0 Å². The van der Waals surface area contributed by atoms with Crippen LogP contribution in [0.5, 0.6) is 0 Å². The Labute approximate surface area is 137 Å². The number of benzene rings is 1. The van der Waals surface area contributed by atoms with Gasteiger partial charge in [0, 0.05) is 23.0 Å². The molecule has 2 aromatic rings. The molecule has 1 heterocycles. The second kappa shape index (κ2) is 9.30. The van der Waals surface area contributed by atoms with Gasteiger partial charge in [0.15, 0.2) is 5.11 Å². The molecule has 2 N–H and O–H groups in total. The van der Waals surface area contributed by atoms with Crippen LogP contribution in [0.15, 0.2) is 30.6 Å². The van der Waals surface area contributed by atoms with Crippen molar-refractivity contribution >= 4 is 33.8 Å². The Morgan fingerprint density at radius 2 is 1.82 bits per heavy atom. The predicted molar refractivity (Wildman–Crippen MR) is 97.1 cm³/mol. The Balaban J connectivity index is 1.75. The summed E-state index contributed by atoms with van der Waals surface area (Å²) in [7, 11) is 0. The lowest BCUT2D eigenvalue weighted by molar-refractivity contribution is 0.603. The van der Waals surface area contributed by atoms with E-state index in [1.54, 1.807) is 12.4 Å². The highest BCUT2D eigenvalue weighted by atomic mass is 32.1. The molecule has 1 aromatic heterocycles. The molecule has 0 saturated heterocycles. The fourth-order valence-corrected chi connectivity index (χ4v) is 2.62. The minimum absolute atomic E-state index is 0.665. The molecule has 4 nitrogen and oxygen atoms in total. The number of hydrogen-bond acceptors (Lipinski definition) is 3. The van der Waals surface area contributed by atoms with Crippen LogP contribution in [-0.2, 0) is 0 Å². The van der Waals surface area contributed by atoms with Crippen LogP contribution in [0.4, 0.5) is 5.69 Å². The normalized spacial score (nSPS) is 10.6. The van der Waals surface area contributed by atoms with E-state index in [0.29, 0.717) is 5.11 Å². The lowest BCUT2D eigenvalue weighted by Crippen LogP contribution is -2.29. The summed E-state index contributed by atoms with van der Waals surface area (Å²) in [5.74, 6) is 0. The molecule has 0 spiro atoms. The summed E-state index contributed by atoms with van der Waals surface area (Å²) in [4.78, 5) is 0. The van der Waals surface area contributed by atoms with Gasteiger partial charge in [-0.2, -0.15) is 10.2 Å². The molecular formula is C17H24N4S. The zero-order valence-electron chi connectivity index (χ0n) is 13.1. The van der Waals surface area contributed by atoms with Gasteiger partial charge in [-0.15, -0.1) is 0 Å². The standard InChI is InChI=1S/C17H24N4S/c1-2-3-4-5-6-7-11-18-17(22)21-16-10-8-9-14-12-19-20-13-15(14)16/h8-10,12-13H,2-7,11H2,1H3,(H2,18,21,22). The third-order valence-electron chi connectivity index (χ3n) is 3.65. The van der Waals surface area contributed by atoms with Crippen molar-refractivity contribution in [2.75, 3.05) is 11.9 Å². The molecule has 0 aliphatic heterocycles. The van der Waals surface area contributed by atoms with Gasteiger partial charge in [0.05, 0.1) is 12.4 Å². The summed E-state index contributed by atoms with van der Waals surface area (Å²) in [6.07, 6.45) is 11.2. The maximum atomic E-state index is 5.36. The first-order chi connectivity index (χ1) is 10.8. The molecule has 0 fully saturated rings. The lowest BCUT2D eigenvalue weighted by Gasteiger charge is -2.12. The molecule has 5 heteroatoms. The van der Waals surface area contributed by atoms with E-state index in [1.807, 2.05) is 18.2 Å². The summed E-state index contributed by atoms with van der Waals surface area (Å²) in [5, 5.41) is 17.1. The first kappa shape index (κ1) is 16.6. The second-order valence-electron chi connectivity index (χ2n) is 5.45. The third-order valence-corrected chi connectivity index (χ3v) is 3.90. The number of rotatable bonds is 8. The van der Waals surface area contributed by atoms with Crippen molar-refractivity contribution in [3.8, 4) is 0 Å². The predicted octanol–water partition coefficient (Wildman–Crippen LogP) is 4.28. The topological polar surface area (TPSA) is 49.8 Å². The quantitative estimate of drug-likeness (QED) is 0.562. The van der Waals surface area contributed by atoms with E-state index in [1.165, 1.54) is 32.1 Å². The highest BCUT2D eigenvalue weighted by Gasteiger charge is 2.03. The largest absolute Gasteiger partial charge is 0.362 e. The minimum atomic E-state index is 0.665. The minimum Gasteiger partial charge on any atom is -0.362 e. The van der Waals surface area contributed by atoms with Gasteiger partial charge >= 0.3 is 0 Å². The third kappa shape index (κ3) is 5.22. The van der Waals surface area contributed by atoms with Crippen LogP contribution in [0.2, 0.25) is 0 Å². The number of nitrogens with zero attached hydrogens (tertiary/aromatic N) is 2. The van der Waals surface area contributed by atoms with Gasteiger partial charge in [0.2, 0.25) is 0 Å². The van der Waals surface area contributed by atoms with Gasteiger partial charge < -0.3 is 10.6 Å². The summed E-state index contributed by atoms with van der Waals surface area (Å²) in [6.45, 7) is 3.16. The molecule has 118 valence electrons. The molecule has 0 atom stereocenters. The number of thiocarbonyl (C=S) groups is 1. The zero-order chi connectivity index (χ0) is 15.6. The molecule has 0 amide bonds. The first-order valence-electron chi connectivity index (χ1n) is 8.05. The zero-order valence-corrected chi connectivity index (χ0v) is 14.0. The van der Waals surface area contributed by atoms with Crippen LogP contribution in [0.25, 0.3) is 10.8 Å². The smallest absolute Gasteiger partial charge is 0.170 e. The van der Waals surface area contributed by atoms with Crippen molar-refractivity contribution in [2.45, 2.75) is 45.4 Å². The van der Waals surface area contributed by atoms with E-state index in [4.69, 9.17) is 12.2 Å². The molecule has 22 heavy (non-hydrogen) atoms. The van der Waals surface area contributed by atoms with Crippen LogP contribution in [0.1, 0.15) is 45.4 Å². The number of hydrogen-bond donors (Lipinski definition) is 2. The summed E-state index contributed by atoms with van der Waals surface area (Å²) < 4.78 is 0. The van der Waals surface area contributed by atoms with Crippen molar-refractivity contribution < 1.29 is 0 Å². The van der Waals surface area contributed by atoms with Crippen LogP contribution >= 0.6 is 12.2 Å². The van der Waals surface area contributed by atoms with Crippen molar-refractivity contribution in [2.24, 2.45) is 0 Å². The molecule has 0 bridgehead atoms. The first-order valence-corrected chi connectivity index (χ1v) is 8.46. The average Bonchev–Trinajstić information content (AvgIpc) is 2.54. The highest BCUT2D eigenvalue weighted by Crippen LogP contribution is 2.21. The molecule has 0 aliphatic carbocycles. The van der Waals surface area contributed by atoms with E-state index in [0.717, 1.165) is 29.4 Å². The van der Waals surface area contributed by atoms with Crippen LogP contribution in [0, 0.1) is 0 Å². The summed E-state index contributed by atoms with van der Waals surface area (Å²) >= 11 is 5.36. The van der Waals surface area contributed by atoms with Crippen LogP contribution < -0.4 is 10.6 Å². The number of unbranched alkanes of at least 4 members (excludes halogenated alkanes) is 5.